The second-order valence-electron chi connectivity index (χ2n) is 11.0. The predicted octanol–water partition coefficient (Wildman–Crippen LogP) is 1.89. The number of fused-ring (bicyclic) bond motifs is 2. The molecular weight excluding hydrogens is 581 g/mol. The number of amides is 1. The van der Waals surface area contributed by atoms with Gasteiger partial charge in [0.25, 0.3) is 0 Å². The zero-order valence-electron chi connectivity index (χ0n) is 23.2. The van der Waals surface area contributed by atoms with E-state index in [1.807, 2.05) is 6.92 Å². The fourth-order valence-corrected chi connectivity index (χ4v) is 6.69. The van der Waals surface area contributed by atoms with E-state index in [0.29, 0.717) is 22.9 Å². The number of hydrogen-bond acceptors (Lipinski definition) is 11. The summed E-state index contributed by atoms with van der Waals surface area (Å²) >= 11 is 1.18. The zero-order chi connectivity index (χ0) is 30.4. The van der Waals surface area contributed by atoms with Crippen LogP contribution in [0.15, 0.2) is 29.6 Å². The number of carbonyl (C=O) groups excluding carboxylic acids is 1. The van der Waals surface area contributed by atoms with Crippen LogP contribution in [-0.2, 0) is 31.6 Å². The molecule has 2 aliphatic heterocycles. The van der Waals surface area contributed by atoms with Crippen LogP contribution in [0.4, 0.5) is 24.0 Å². The van der Waals surface area contributed by atoms with Gasteiger partial charge >= 0.3 is 6.18 Å². The first kappa shape index (κ1) is 31.1. The highest BCUT2D eigenvalue weighted by molar-refractivity contribution is 7.13. The maximum Gasteiger partial charge on any atom is 0.416 e. The molecule has 3 unspecified atom stereocenters. The molecule has 1 saturated carbocycles. The summed E-state index contributed by atoms with van der Waals surface area (Å²) in [7, 11) is 1.64. The third-order valence-electron chi connectivity index (χ3n) is 8.12. The number of alkyl halides is 3. The molecule has 232 valence electrons. The highest BCUT2D eigenvalue weighted by Crippen LogP contribution is 2.43. The van der Waals surface area contributed by atoms with Crippen molar-refractivity contribution in [1.82, 2.24) is 15.6 Å². The number of nitrogens with zero attached hydrogens (tertiary/aromatic N) is 1. The Hall–Kier alpha value is -2.37. The van der Waals surface area contributed by atoms with E-state index in [9.17, 15) is 33.3 Å². The lowest BCUT2D eigenvalue weighted by Crippen LogP contribution is -2.77. The van der Waals surface area contributed by atoms with Crippen LogP contribution in [0, 0.1) is 5.92 Å². The van der Waals surface area contributed by atoms with Gasteiger partial charge in [-0.2, -0.15) is 13.2 Å². The minimum atomic E-state index is -4.43. The number of thiazole rings is 1. The van der Waals surface area contributed by atoms with Gasteiger partial charge in [-0.05, 0) is 51.1 Å². The predicted molar refractivity (Wildman–Crippen MR) is 145 cm³/mol. The SMILES string of the molecule is CC[C@@H]1[C@H](O)[C@H](NC)C2O[C@]3(O)C(OC2[C@@H]1O)O[C@H](C)C[C@H]3NC(=O)Cc1csc(Nc2ccc(C(F)(F)F)cc2)n1. The molecular formula is C27H35F3N4O7S. The normalized spacial score (nSPS) is 36.5. The maximum atomic E-state index is 13.1. The van der Waals surface area contributed by atoms with Crippen molar-refractivity contribution in [3.63, 3.8) is 0 Å². The molecule has 42 heavy (non-hydrogen) atoms. The summed E-state index contributed by atoms with van der Waals surface area (Å²) in [5.41, 5.74) is 0.0608. The third kappa shape index (κ3) is 6.01. The number of aliphatic hydroxyl groups excluding tert-OH is 2. The van der Waals surface area contributed by atoms with E-state index < -0.39 is 78.2 Å². The van der Waals surface area contributed by atoms with Gasteiger partial charge < -0.3 is 45.5 Å². The molecule has 0 bridgehead atoms. The highest BCUT2D eigenvalue weighted by atomic mass is 32.1. The van der Waals surface area contributed by atoms with Gasteiger partial charge in [-0.3, -0.25) is 4.79 Å². The zero-order valence-corrected chi connectivity index (χ0v) is 24.0. The van der Waals surface area contributed by atoms with E-state index in [1.165, 1.54) is 23.5 Å². The Balaban J connectivity index is 1.25. The Kier molecular flexibility index (Phi) is 8.85. The Bertz CT molecular complexity index is 1250. The Labute approximate surface area is 244 Å². The van der Waals surface area contributed by atoms with Crippen LogP contribution in [0.2, 0.25) is 0 Å². The second kappa shape index (κ2) is 12.0. The minimum absolute atomic E-state index is 0.140. The minimum Gasteiger partial charge on any atom is -0.391 e. The molecule has 10 atom stereocenters. The first-order valence-corrected chi connectivity index (χ1v) is 14.6. The first-order chi connectivity index (χ1) is 19.8. The molecule has 1 amide bonds. The fraction of sp³-hybridized carbons (Fsp3) is 0.630. The number of aromatic nitrogens is 1. The number of nitrogens with one attached hydrogen (secondary N) is 3. The number of likely N-dealkylation sites (N-methyl/N-ethyl adjacent to an activating group) is 1. The summed E-state index contributed by atoms with van der Waals surface area (Å²) in [6, 6.07) is 2.91. The molecule has 11 nitrogen and oxygen atoms in total. The standard InChI is InChI=1S/C27H35F3N4O7S/c1-4-16-20(36)19(31-3)22-23(21(16)37)40-24-26(38,41-22)17(9-12(2)39-24)34-18(35)10-15-11-42-25(33-15)32-14-7-5-13(6-8-14)27(28,29)30/h5-8,11-12,16-17,19-24,31,36-38H,4,9-10H2,1-3H3,(H,32,33)(H,34,35)/t12-,16-,17-,19+,20+,21-,22?,23?,24?,26+/m1/s1. The van der Waals surface area contributed by atoms with Gasteiger partial charge in [-0.15, -0.1) is 11.3 Å². The highest BCUT2D eigenvalue weighted by Gasteiger charge is 2.63. The molecule has 0 radical (unpaired) electrons. The summed E-state index contributed by atoms with van der Waals surface area (Å²) in [4.78, 5) is 17.4. The van der Waals surface area contributed by atoms with Crippen molar-refractivity contribution in [3.05, 3.63) is 40.9 Å². The van der Waals surface area contributed by atoms with Gasteiger partial charge in [-0.25, -0.2) is 4.98 Å². The lowest BCUT2D eigenvalue weighted by molar-refractivity contribution is -0.450. The van der Waals surface area contributed by atoms with Crippen molar-refractivity contribution in [3.8, 4) is 0 Å². The summed E-state index contributed by atoms with van der Waals surface area (Å²) in [6.07, 6.45) is -9.44. The molecule has 3 aliphatic rings. The number of benzene rings is 1. The van der Waals surface area contributed by atoms with E-state index >= 15 is 0 Å². The number of rotatable bonds is 7. The molecule has 5 rings (SSSR count). The van der Waals surface area contributed by atoms with Crippen molar-refractivity contribution in [2.24, 2.45) is 5.92 Å². The lowest BCUT2D eigenvalue weighted by atomic mass is 9.74. The van der Waals surface area contributed by atoms with Crippen LogP contribution in [0.1, 0.15) is 37.9 Å². The van der Waals surface area contributed by atoms with Gasteiger partial charge in [0.15, 0.2) is 5.13 Å². The maximum absolute atomic E-state index is 13.1. The smallest absolute Gasteiger partial charge is 0.391 e. The largest absolute Gasteiger partial charge is 0.416 e. The molecule has 3 fully saturated rings. The second-order valence-corrected chi connectivity index (χ2v) is 11.8. The molecule has 15 heteroatoms. The number of halogens is 3. The monoisotopic (exact) mass is 616 g/mol. The van der Waals surface area contributed by atoms with Crippen LogP contribution in [0.5, 0.6) is 0 Å². The van der Waals surface area contributed by atoms with Crippen LogP contribution >= 0.6 is 11.3 Å². The molecule has 1 aliphatic carbocycles. The fourth-order valence-electron chi connectivity index (χ4n) is 5.96. The molecule has 3 heterocycles. The summed E-state index contributed by atoms with van der Waals surface area (Å²) in [6.45, 7) is 3.62. The quantitative estimate of drug-likeness (QED) is 0.272. The lowest BCUT2D eigenvalue weighted by Gasteiger charge is -2.58. The van der Waals surface area contributed by atoms with E-state index in [2.05, 4.69) is 20.9 Å². The molecule has 2 saturated heterocycles. The van der Waals surface area contributed by atoms with E-state index in [1.54, 1.807) is 19.4 Å². The van der Waals surface area contributed by atoms with Crippen LogP contribution < -0.4 is 16.0 Å². The van der Waals surface area contributed by atoms with Gasteiger partial charge in [0.1, 0.15) is 12.2 Å². The molecule has 1 aromatic carbocycles. The van der Waals surface area contributed by atoms with Crippen LogP contribution in [0.25, 0.3) is 0 Å². The number of carbonyl (C=O) groups is 1. The number of ether oxygens (including phenoxy) is 3. The number of aliphatic hydroxyl groups is 3. The average Bonchev–Trinajstić information content (AvgIpc) is 3.35. The van der Waals surface area contributed by atoms with E-state index in [-0.39, 0.29) is 12.8 Å². The van der Waals surface area contributed by atoms with Crippen molar-refractivity contribution in [2.45, 2.75) is 94.0 Å². The van der Waals surface area contributed by atoms with Gasteiger partial charge in [0, 0.05) is 17.0 Å². The van der Waals surface area contributed by atoms with Crippen molar-refractivity contribution in [1.29, 1.82) is 0 Å². The first-order valence-electron chi connectivity index (χ1n) is 13.8. The third-order valence-corrected chi connectivity index (χ3v) is 8.93. The summed E-state index contributed by atoms with van der Waals surface area (Å²) in [5, 5.41) is 44.3. The van der Waals surface area contributed by atoms with E-state index in [4.69, 9.17) is 14.2 Å². The topological polar surface area (TPSA) is 154 Å². The molecule has 2 aromatic rings. The van der Waals surface area contributed by atoms with Crippen LogP contribution in [-0.4, -0.2) is 87.9 Å². The molecule has 0 spiro atoms. The summed E-state index contributed by atoms with van der Waals surface area (Å²) < 4.78 is 56.5. The molecule has 1 aromatic heterocycles. The van der Waals surface area contributed by atoms with Gasteiger partial charge in [0.05, 0.1) is 48.1 Å². The average molecular weight is 617 g/mol. The molecule has 6 N–H and O–H groups in total. The summed E-state index contributed by atoms with van der Waals surface area (Å²) in [5.74, 6) is -3.04. The Morgan fingerprint density at radius 1 is 1.17 bits per heavy atom. The number of anilines is 2. The Morgan fingerprint density at radius 2 is 1.88 bits per heavy atom. The van der Waals surface area contributed by atoms with Crippen LogP contribution in [0.3, 0.4) is 0 Å². The van der Waals surface area contributed by atoms with Crippen molar-refractivity contribution >= 4 is 28.1 Å². The number of hydrogen-bond donors (Lipinski definition) is 6. The Morgan fingerprint density at radius 3 is 2.52 bits per heavy atom. The van der Waals surface area contributed by atoms with Gasteiger partial charge in [-0.1, -0.05) is 6.92 Å². The van der Waals surface area contributed by atoms with Crippen molar-refractivity contribution in [2.75, 3.05) is 12.4 Å². The van der Waals surface area contributed by atoms with E-state index in [0.717, 1.165) is 12.1 Å². The van der Waals surface area contributed by atoms with Gasteiger partial charge in [0.2, 0.25) is 18.0 Å². The van der Waals surface area contributed by atoms with Crippen molar-refractivity contribution < 1.29 is 47.5 Å².